The first kappa shape index (κ1) is 19.7. The SMILES string of the molecule is CCCc1nnc(SCC(=O)Nc2ccc(C(=O)OC)cc2)n1-n1cccc1. The lowest BCUT2D eigenvalue weighted by molar-refractivity contribution is -0.113. The number of hydrogen-bond donors (Lipinski definition) is 1. The molecular weight excluding hydrogens is 378 g/mol. The lowest BCUT2D eigenvalue weighted by Crippen LogP contribution is -2.16. The third-order valence-corrected chi connectivity index (χ3v) is 4.81. The largest absolute Gasteiger partial charge is 0.465 e. The van der Waals surface area contributed by atoms with E-state index in [1.165, 1.54) is 18.9 Å². The van der Waals surface area contributed by atoms with E-state index in [2.05, 4.69) is 27.2 Å². The van der Waals surface area contributed by atoms with Gasteiger partial charge in [0.1, 0.15) is 0 Å². The van der Waals surface area contributed by atoms with E-state index in [0.29, 0.717) is 16.4 Å². The van der Waals surface area contributed by atoms with Gasteiger partial charge < -0.3 is 10.1 Å². The molecule has 0 atom stereocenters. The van der Waals surface area contributed by atoms with Crippen molar-refractivity contribution in [3.63, 3.8) is 0 Å². The van der Waals surface area contributed by atoms with E-state index in [-0.39, 0.29) is 11.7 Å². The molecule has 28 heavy (non-hydrogen) atoms. The summed E-state index contributed by atoms with van der Waals surface area (Å²) in [5.41, 5.74) is 1.04. The van der Waals surface area contributed by atoms with Crippen molar-refractivity contribution in [1.82, 2.24) is 19.5 Å². The van der Waals surface area contributed by atoms with Gasteiger partial charge in [0.2, 0.25) is 11.1 Å². The van der Waals surface area contributed by atoms with Crippen molar-refractivity contribution in [2.45, 2.75) is 24.9 Å². The van der Waals surface area contributed by atoms with Crippen molar-refractivity contribution in [3.8, 4) is 0 Å². The maximum absolute atomic E-state index is 12.3. The van der Waals surface area contributed by atoms with Crippen molar-refractivity contribution in [2.24, 2.45) is 0 Å². The lowest BCUT2D eigenvalue weighted by atomic mass is 10.2. The van der Waals surface area contributed by atoms with Crippen molar-refractivity contribution in [1.29, 1.82) is 0 Å². The summed E-state index contributed by atoms with van der Waals surface area (Å²) in [5.74, 6) is 0.445. The number of anilines is 1. The first-order valence-electron chi connectivity index (χ1n) is 8.81. The lowest BCUT2D eigenvalue weighted by Gasteiger charge is -2.11. The van der Waals surface area contributed by atoms with Crippen molar-refractivity contribution in [2.75, 3.05) is 18.2 Å². The number of aryl methyl sites for hydroxylation is 1. The first-order valence-corrected chi connectivity index (χ1v) is 9.80. The van der Waals surface area contributed by atoms with E-state index in [4.69, 9.17) is 0 Å². The van der Waals surface area contributed by atoms with Crippen LogP contribution >= 0.6 is 11.8 Å². The van der Waals surface area contributed by atoms with E-state index in [1.807, 2.05) is 33.9 Å². The number of aromatic nitrogens is 4. The van der Waals surface area contributed by atoms with Crippen LogP contribution in [0.2, 0.25) is 0 Å². The number of nitrogens with one attached hydrogen (secondary N) is 1. The third-order valence-electron chi connectivity index (χ3n) is 3.89. The van der Waals surface area contributed by atoms with E-state index in [9.17, 15) is 9.59 Å². The highest BCUT2D eigenvalue weighted by molar-refractivity contribution is 7.99. The molecular formula is C19H21N5O3S. The molecule has 146 valence electrons. The summed E-state index contributed by atoms with van der Waals surface area (Å²) in [5, 5.41) is 11.9. The zero-order valence-corrected chi connectivity index (χ0v) is 16.5. The molecule has 0 aliphatic carbocycles. The van der Waals surface area contributed by atoms with Gasteiger partial charge in [-0.05, 0) is 42.8 Å². The molecule has 1 aromatic carbocycles. The molecule has 0 unspecified atom stereocenters. The number of hydrogen-bond acceptors (Lipinski definition) is 6. The van der Waals surface area contributed by atoms with Gasteiger partial charge in [0.25, 0.3) is 0 Å². The monoisotopic (exact) mass is 399 g/mol. The molecule has 1 amide bonds. The normalized spacial score (nSPS) is 10.6. The van der Waals surface area contributed by atoms with Crippen LogP contribution in [-0.2, 0) is 16.0 Å². The Kier molecular flexibility index (Phi) is 6.49. The predicted octanol–water partition coefficient (Wildman–Crippen LogP) is 2.86. The minimum absolute atomic E-state index is 0.171. The van der Waals surface area contributed by atoms with Gasteiger partial charge in [0.05, 0.1) is 18.4 Å². The van der Waals surface area contributed by atoms with Crippen LogP contribution < -0.4 is 5.32 Å². The quantitative estimate of drug-likeness (QED) is 0.463. The highest BCUT2D eigenvalue weighted by Gasteiger charge is 2.15. The summed E-state index contributed by atoms with van der Waals surface area (Å²) >= 11 is 1.31. The number of amides is 1. The molecule has 0 saturated carbocycles. The van der Waals surface area contributed by atoms with Gasteiger partial charge in [0, 0.05) is 24.5 Å². The number of rotatable bonds is 8. The van der Waals surface area contributed by atoms with Gasteiger partial charge in [-0.2, -0.15) is 0 Å². The minimum atomic E-state index is -0.416. The Morgan fingerprint density at radius 3 is 2.50 bits per heavy atom. The molecule has 0 fully saturated rings. The molecule has 0 radical (unpaired) electrons. The zero-order valence-electron chi connectivity index (χ0n) is 15.7. The van der Waals surface area contributed by atoms with Crippen molar-refractivity contribution >= 4 is 29.3 Å². The summed E-state index contributed by atoms with van der Waals surface area (Å²) in [7, 11) is 1.33. The second-order valence-corrected chi connectivity index (χ2v) is 6.87. The molecule has 8 nitrogen and oxygen atoms in total. The van der Waals surface area contributed by atoms with E-state index in [0.717, 1.165) is 18.7 Å². The maximum atomic E-state index is 12.3. The number of benzene rings is 1. The van der Waals surface area contributed by atoms with Gasteiger partial charge in [-0.25, -0.2) is 9.47 Å². The molecule has 3 rings (SSSR count). The number of methoxy groups -OCH3 is 1. The maximum Gasteiger partial charge on any atom is 0.337 e. The number of nitrogens with zero attached hydrogens (tertiary/aromatic N) is 4. The first-order chi connectivity index (χ1) is 13.6. The number of esters is 1. The van der Waals surface area contributed by atoms with Gasteiger partial charge in [-0.3, -0.25) is 9.47 Å². The number of carbonyl (C=O) groups is 2. The van der Waals surface area contributed by atoms with Crippen LogP contribution in [0.5, 0.6) is 0 Å². The Bertz CT molecular complexity index is 935. The molecule has 2 aromatic heterocycles. The zero-order chi connectivity index (χ0) is 19.9. The number of thioether (sulfide) groups is 1. The van der Waals surface area contributed by atoms with Gasteiger partial charge in [0.15, 0.2) is 5.82 Å². The summed E-state index contributed by atoms with van der Waals surface area (Å²) in [6, 6.07) is 10.4. The number of ether oxygens (including phenoxy) is 1. The Labute approximate surface area is 166 Å². The van der Waals surface area contributed by atoms with Crippen LogP contribution in [0.1, 0.15) is 29.5 Å². The van der Waals surface area contributed by atoms with Gasteiger partial charge >= 0.3 is 5.97 Å². The molecule has 0 saturated heterocycles. The fraction of sp³-hybridized carbons (Fsp3) is 0.263. The van der Waals surface area contributed by atoms with Crippen molar-refractivity contribution in [3.05, 3.63) is 60.2 Å². The standard InChI is InChI=1S/C19H21N5O3S/c1-3-6-16-21-22-19(24(16)23-11-4-5-12-23)28-13-17(25)20-15-9-7-14(8-10-15)18(26)27-2/h4-5,7-12H,3,6,13H2,1-2H3,(H,20,25). The Morgan fingerprint density at radius 2 is 1.86 bits per heavy atom. The minimum Gasteiger partial charge on any atom is -0.465 e. The van der Waals surface area contributed by atoms with Crippen LogP contribution in [0.25, 0.3) is 0 Å². The average Bonchev–Trinajstić information content (AvgIpc) is 3.36. The summed E-state index contributed by atoms with van der Waals surface area (Å²) in [6.45, 7) is 2.08. The molecule has 0 aliphatic heterocycles. The van der Waals surface area contributed by atoms with Crippen LogP contribution in [0, 0.1) is 0 Å². The topological polar surface area (TPSA) is 91.0 Å². The predicted molar refractivity (Wildman–Crippen MR) is 106 cm³/mol. The molecule has 1 N–H and O–H groups in total. The van der Waals surface area contributed by atoms with Crippen LogP contribution in [-0.4, -0.2) is 44.3 Å². The average molecular weight is 399 g/mol. The third kappa shape index (κ3) is 4.61. The molecule has 0 aliphatic rings. The van der Waals surface area contributed by atoms with Gasteiger partial charge in [-0.1, -0.05) is 18.7 Å². The molecule has 0 bridgehead atoms. The molecule has 9 heteroatoms. The Hall–Kier alpha value is -3.07. The molecule has 0 spiro atoms. The fourth-order valence-electron chi connectivity index (χ4n) is 2.59. The van der Waals surface area contributed by atoms with Crippen LogP contribution in [0.3, 0.4) is 0 Å². The van der Waals surface area contributed by atoms with Crippen LogP contribution in [0.4, 0.5) is 5.69 Å². The van der Waals surface area contributed by atoms with E-state index < -0.39 is 5.97 Å². The highest BCUT2D eigenvalue weighted by Crippen LogP contribution is 2.19. The van der Waals surface area contributed by atoms with Crippen LogP contribution in [0.15, 0.2) is 53.9 Å². The Balaban J connectivity index is 1.64. The summed E-state index contributed by atoms with van der Waals surface area (Å²) < 4.78 is 8.47. The van der Waals surface area contributed by atoms with E-state index >= 15 is 0 Å². The molecule has 3 aromatic rings. The smallest absolute Gasteiger partial charge is 0.337 e. The fourth-order valence-corrected chi connectivity index (χ4v) is 3.34. The Morgan fingerprint density at radius 1 is 1.14 bits per heavy atom. The second kappa shape index (κ2) is 9.23. The van der Waals surface area contributed by atoms with E-state index in [1.54, 1.807) is 24.3 Å². The number of carbonyl (C=O) groups excluding carboxylic acids is 2. The second-order valence-electron chi connectivity index (χ2n) is 5.93. The van der Waals surface area contributed by atoms with Crippen molar-refractivity contribution < 1.29 is 14.3 Å². The summed E-state index contributed by atoms with van der Waals surface area (Å²) in [6.07, 6.45) is 5.57. The molecule has 2 heterocycles. The summed E-state index contributed by atoms with van der Waals surface area (Å²) in [4.78, 5) is 23.8. The highest BCUT2D eigenvalue weighted by atomic mass is 32.2. The van der Waals surface area contributed by atoms with Gasteiger partial charge in [-0.15, -0.1) is 10.2 Å².